The van der Waals surface area contributed by atoms with E-state index in [4.69, 9.17) is 11.6 Å². The van der Waals surface area contributed by atoms with Gasteiger partial charge < -0.3 is 5.32 Å². The van der Waals surface area contributed by atoms with Gasteiger partial charge in [0.25, 0.3) is 0 Å². The first kappa shape index (κ1) is 13.4. The maximum Gasteiger partial charge on any atom is 0.132 e. The Morgan fingerprint density at radius 2 is 1.94 bits per heavy atom. The van der Waals surface area contributed by atoms with Crippen LogP contribution >= 0.6 is 11.6 Å². The van der Waals surface area contributed by atoms with Crippen LogP contribution in [0.1, 0.15) is 36.8 Å². The molecule has 2 rings (SSSR count). The number of hydrogen-bond acceptors (Lipinski definition) is 2. The topological polar surface area (TPSA) is 29.1 Å². The van der Waals surface area contributed by atoms with E-state index in [0.29, 0.717) is 11.7 Å². The van der Waals surface area contributed by atoms with Crippen molar-refractivity contribution in [1.82, 2.24) is 0 Å². The van der Waals surface area contributed by atoms with Gasteiger partial charge >= 0.3 is 0 Å². The highest BCUT2D eigenvalue weighted by Crippen LogP contribution is 2.29. The van der Waals surface area contributed by atoms with Gasteiger partial charge in [-0.25, -0.2) is 0 Å². The molecule has 18 heavy (non-hydrogen) atoms. The van der Waals surface area contributed by atoms with Crippen molar-refractivity contribution in [3.8, 4) is 0 Å². The molecule has 0 heterocycles. The number of rotatable bonds is 3. The molecule has 1 fully saturated rings. The Balaban J connectivity index is 1.96. The molecule has 2 nitrogen and oxygen atoms in total. The molecule has 0 atom stereocenters. The lowest BCUT2D eigenvalue weighted by Gasteiger charge is -2.22. The number of benzene rings is 1. The monoisotopic (exact) mass is 265 g/mol. The first-order valence-corrected chi connectivity index (χ1v) is 6.96. The summed E-state index contributed by atoms with van der Waals surface area (Å²) in [5.74, 6) is 1.01. The van der Waals surface area contributed by atoms with Crippen molar-refractivity contribution in [1.29, 1.82) is 0 Å². The molecule has 1 aliphatic rings. The van der Waals surface area contributed by atoms with Gasteiger partial charge in [0.1, 0.15) is 5.78 Å². The molecule has 1 aromatic carbocycles. The van der Waals surface area contributed by atoms with Crippen molar-refractivity contribution < 1.29 is 4.79 Å². The standard InChI is InChI=1S/C15H20ClNO/c1-10-7-11(2)15(14(16)8-10)17-9-12-3-5-13(18)6-4-12/h7-8,12,17H,3-6,9H2,1-2H3. The molecule has 0 unspecified atom stereocenters. The maximum atomic E-state index is 11.2. The second-order valence-corrected chi connectivity index (χ2v) is 5.71. The maximum absolute atomic E-state index is 11.2. The number of halogens is 1. The summed E-state index contributed by atoms with van der Waals surface area (Å²) in [6, 6.07) is 4.12. The minimum absolute atomic E-state index is 0.413. The number of Topliss-reactive ketones (excluding diaryl/α,β-unsaturated/α-hetero) is 1. The molecule has 1 aromatic rings. The van der Waals surface area contributed by atoms with E-state index in [1.54, 1.807) is 0 Å². The summed E-state index contributed by atoms with van der Waals surface area (Å²) in [5.41, 5.74) is 3.41. The summed E-state index contributed by atoms with van der Waals surface area (Å²) in [6.07, 6.45) is 3.50. The SMILES string of the molecule is Cc1cc(C)c(NCC2CCC(=O)CC2)c(Cl)c1. The molecule has 98 valence electrons. The van der Waals surface area contributed by atoms with Crippen LogP contribution in [-0.2, 0) is 4.79 Å². The summed E-state index contributed by atoms with van der Waals surface area (Å²) >= 11 is 6.26. The van der Waals surface area contributed by atoms with E-state index in [-0.39, 0.29) is 0 Å². The Hall–Kier alpha value is -1.02. The van der Waals surface area contributed by atoms with E-state index >= 15 is 0 Å². The first-order chi connectivity index (χ1) is 8.56. The normalized spacial score (nSPS) is 16.9. The number of hydrogen-bond donors (Lipinski definition) is 1. The van der Waals surface area contributed by atoms with Gasteiger partial charge in [0, 0.05) is 19.4 Å². The molecule has 0 amide bonds. The number of carbonyl (C=O) groups is 1. The molecule has 0 aromatic heterocycles. The Labute approximate surface area is 114 Å². The summed E-state index contributed by atoms with van der Waals surface area (Å²) in [7, 11) is 0. The van der Waals surface area contributed by atoms with Crippen LogP contribution in [0.25, 0.3) is 0 Å². The van der Waals surface area contributed by atoms with Gasteiger partial charge in [-0.2, -0.15) is 0 Å². The number of aryl methyl sites for hydroxylation is 2. The van der Waals surface area contributed by atoms with Crippen LogP contribution in [0, 0.1) is 19.8 Å². The zero-order valence-electron chi connectivity index (χ0n) is 11.1. The zero-order valence-corrected chi connectivity index (χ0v) is 11.8. The highest BCUT2D eigenvalue weighted by Gasteiger charge is 2.18. The minimum atomic E-state index is 0.413. The fraction of sp³-hybridized carbons (Fsp3) is 0.533. The summed E-state index contributed by atoms with van der Waals surface area (Å²) in [5, 5.41) is 4.24. The Morgan fingerprint density at radius 1 is 1.28 bits per heavy atom. The van der Waals surface area contributed by atoms with Crippen LogP contribution in [-0.4, -0.2) is 12.3 Å². The van der Waals surface area contributed by atoms with E-state index in [2.05, 4.69) is 25.2 Å². The largest absolute Gasteiger partial charge is 0.383 e. The third-order valence-corrected chi connectivity index (χ3v) is 3.96. The van der Waals surface area contributed by atoms with Gasteiger partial charge in [0.15, 0.2) is 0 Å². The molecule has 3 heteroatoms. The second kappa shape index (κ2) is 5.75. The minimum Gasteiger partial charge on any atom is -0.383 e. The van der Waals surface area contributed by atoms with Crippen molar-refractivity contribution >= 4 is 23.1 Å². The molecule has 0 radical (unpaired) electrons. The zero-order chi connectivity index (χ0) is 13.1. The smallest absolute Gasteiger partial charge is 0.132 e. The number of carbonyl (C=O) groups excluding carboxylic acids is 1. The predicted octanol–water partition coefficient (Wildman–Crippen LogP) is 4.13. The van der Waals surface area contributed by atoms with Gasteiger partial charge in [-0.3, -0.25) is 4.79 Å². The molecule has 1 N–H and O–H groups in total. The van der Waals surface area contributed by atoms with Crippen molar-refractivity contribution in [2.75, 3.05) is 11.9 Å². The molecule has 0 saturated heterocycles. The molecule has 0 bridgehead atoms. The highest BCUT2D eigenvalue weighted by atomic mass is 35.5. The fourth-order valence-electron chi connectivity index (χ4n) is 2.59. The third kappa shape index (κ3) is 3.26. The van der Waals surface area contributed by atoms with Gasteiger partial charge in [-0.1, -0.05) is 17.7 Å². The van der Waals surface area contributed by atoms with Crippen LogP contribution in [0.2, 0.25) is 5.02 Å². The first-order valence-electron chi connectivity index (χ1n) is 6.58. The average molecular weight is 266 g/mol. The van der Waals surface area contributed by atoms with Crippen LogP contribution < -0.4 is 5.32 Å². The van der Waals surface area contributed by atoms with E-state index in [1.807, 2.05) is 6.07 Å². The number of anilines is 1. The summed E-state index contributed by atoms with van der Waals surface area (Å²) in [4.78, 5) is 11.2. The van der Waals surface area contributed by atoms with Crippen molar-refractivity contribution in [3.05, 3.63) is 28.3 Å². The number of nitrogens with one attached hydrogen (secondary N) is 1. The highest BCUT2D eigenvalue weighted by molar-refractivity contribution is 6.33. The van der Waals surface area contributed by atoms with Gasteiger partial charge in [-0.15, -0.1) is 0 Å². The van der Waals surface area contributed by atoms with Crippen molar-refractivity contribution in [2.45, 2.75) is 39.5 Å². The second-order valence-electron chi connectivity index (χ2n) is 5.30. The van der Waals surface area contributed by atoms with E-state index in [9.17, 15) is 4.79 Å². The summed E-state index contributed by atoms with van der Waals surface area (Å²) in [6.45, 7) is 5.04. The Morgan fingerprint density at radius 3 is 2.56 bits per heavy atom. The molecular weight excluding hydrogens is 246 g/mol. The van der Waals surface area contributed by atoms with Crippen molar-refractivity contribution in [3.63, 3.8) is 0 Å². The summed E-state index contributed by atoms with van der Waals surface area (Å²) < 4.78 is 0. The lowest BCUT2D eigenvalue weighted by Crippen LogP contribution is -2.21. The molecule has 1 saturated carbocycles. The average Bonchev–Trinajstić information content (AvgIpc) is 2.30. The predicted molar refractivity (Wildman–Crippen MR) is 76.4 cm³/mol. The Kier molecular flexibility index (Phi) is 4.28. The third-order valence-electron chi connectivity index (χ3n) is 3.66. The molecule has 0 aliphatic heterocycles. The van der Waals surface area contributed by atoms with Gasteiger partial charge in [0.05, 0.1) is 10.7 Å². The van der Waals surface area contributed by atoms with Crippen molar-refractivity contribution in [2.24, 2.45) is 5.92 Å². The molecule has 0 spiro atoms. The van der Waals surface area contributed by atoms with Crippen LogP contribution in [0.5, 0.6) is 0 Å². The van der Waals surface area contributed by atoms with Gasteiger partial charge in [-0.05, 0) is 49.8 Å². The van der Waals surface area contributed by atoms with Crippen LogP contribution in [0.3, 0.4) is 0 Å². The lowest BCUT2D eigenvalue weighted by molar-refractivity contribution is -0.120. The fourth-order valence-corrected chi connectivity index (χ4v) is 2.98. The van der Waals surface area contributed by atoms with Gasteiger partial charge in [0.2, 0.25) is 0 Å². The number of ketones is 1. The quantitative estimate of drug-likeness (QED) is 0.890. The molecule has 1 aliphatic carbocycles. The lowest BCUT2D eigenvalue weighted by atomic mass is 9.88. The molecular formula is C15H20ClNO. The van der Waals surface area contributed by atoms with E-state index in [0.717, 1.165) is 42.9 Å². The Bertz CT molecular complexity index is 423. The van der Waals surface area contributed by atoms with E-state index in [1.165, 1.54) is 11.1 Å². The van der Waals surface area contributed by atoms with E-state index < -0.39 is 0 Å². The van der Waals surface area contributed by atoms with Crippen LogP contribution in [0.15, 0.2) is 12.1 Å². The van der Waals surface area contributed by atoms with Crippen LogP contribution in [0.4, 0.5) is 5.69 Å².